The minimum absolute atomic E-state index is 0.0466. The van der Waals surface area contributed by atoms with Crippen molar-refractivity contribution in [2.45, 2.75) is 79.4 Å². The fourth-order valence-corrected chi connectivity index (χ4v) is 3.47. The summed E-state index contributed by atoms with van der Waals surface area (Å²) in [6, 6.07) is 0. The van der Waals surface area contributed by atoms with Crippen LogP contribution in [0.5, 0.6) is 0 Å². The average Bonchev–Trinajstić information content (AvgIpc) is 2.43. The Morgan fingerprint density at radius 3 is 2.43 bits per heavy atom. The molecule has 132 valence electrons. The summed E-state index contributed by atoms with van der Waals surface area (Å²) in [6.07, 6.45) is 6.81. The molecule has 4 atom stereocenters. The lowest BCUT2D eigenvalue weighted by Gasteiger charge is -2.49. The summed E-state index contributed by atoms with van der Waals surface area (Å²) >= 11 is 0. The van der Waals surface area contributed by atoms with Gasteiger partial charge in [-0.05, 0) is 63.4 Å². The molecular formula is C20H34O3. The van der Waals surface area contributed by atoms with Gasteiger partial charge in [-0.1, -0.05) is 39.3 Å². The van der Waals surface area contributed by atoms with E-state index >= 15 is 0 Å². The molecule has 3 nitrogen and oxygen atoms in total. The predicted molar refractivity (Wildman–Crippen MR) is 95.4 cm³/mol. The molecule has 0 aliphatic carbocycles. The highest BCUT2D eigenvalue weighted by molar-refractivity contribution is 5.81. The second-order valence-electron chi connectivity index (χ2n) is 7.74. The van der Waals surface area contributed by atoms with Gasteiger partial charge >= 0.3 is 5.97 Å². The van der Waals surface area contributed by atoms with Crippen molar-refractivity contribution in [1.29, 1.82) is 0 Å². The third-order valence-corrected chi connectivity index (χ3v) is 5.75. The van der Waals surface area contributed by atoms with Crippen LogP contribution in [-0.4, -0.2) is 22.8 Å². The van der Waals surface area contributed by atoms with Crippen molar-refractivity contribution in [1.82, 2.24) is 0 Å². The van der Waals surface area contributed by atoms with Gasteiger partial charge in [0.15, 0.2) is 0 Å². The van der Waals surface area contributed by atoms with Crippen LogP contribution >= 0.6 is 0 Å². The van der Waals surface area contributed by atoms with Crippen LogP contribution in [0.3, 0.4) is 0 Å². The van der Waals surface area contributed by atoms with Crippen molar-refractivity contribution in [3.05, 3.63) is 23.3 Å². The topological polar surface area (TPSA) is 46.5 Å². The lowest BCUT2D eigenvalue weighted by molar-refractivity contribution is -0.192. The van der Waals surface area contributed by atoms with E-state index in [1.165, 1.54) is 12.5 Å². The molecule has 0 amide bonds. The fourth-order valence-electron chi connectivity index (χ4n) is 3.47. The highest BCUT2D eigenvalue weighted by Crippen LogP contribution is 2.42. The average molecular weight is 322 g/mol. The highest BCUT2D eigenvalue weighted by Gasteiger charge is 2.43. The fraction of sp³-hybridized carbons (Fsp3) is 0.750. The van der Waals surface area contributed by atoms with Gasteiger partial charge in [0, 0.05) is 6.08 Å². The van der Waals surface area contributed by atoms with Crippen LogP contribution in [0.2, 0.25) is 0 Å². The van der Waals surface area contributed by atoms with Gasteiger partial charge in [0.25, 0.3) is 0 Å². The van der Waals surface area contributed by atoms with Gasteiger partial charge in [0.05, 0.1) is 11.7 Å². The van der Waals surface area contributed by atoms with Crippen molar-refractivity contribution in [2.24, 2.45) is 17.8 Å². The number of carbonyl (C=O) groups is 1. The zero-order chi connectivity index (χ0) is 17.8. The standard InChI is InChI=1S/C20H34O3/c1-13(2)20(7)17(6)11-16(5)18(23-20)10-8-9-14(3)15(4)12-19(21)22/h9,12-13,16-18H,8,10-11H2,1-7H3,(H,21,22)/b14-9+,15-12+. The second-order valence-corrected chi connectivity index (χ2v) is 7.74. The van der Waals surface area contributed by atoms with E-state index in [-0.39, 0.29) is 11.7 Å². The Labute approximate surface area is 141 Å². The maximum absolute atomic E-state index is 10.7. The first-order chi connectivity index (χ1) is 10.6. The minimum Gasteiger partial charge on any atom is -0.478 e. The molecule has 1 saturated heterocycles. The third kappa shape index (κ3) is 5.20. The molecule has 1 fully saturated rings. The molecule has 23 heavy (non-hydrogen) atoms. The van der Waals surface area contributed by atoms with Crippen LogP contribution in [0.15, 0.2) is 23.3 Å². The quantitative estimate of drug-likeness (QED) is 0.538. The number of hydrogen-bond donors (Lipinski definition) is 1. The Bertz CT molecular complexity index is 475. The summed E-state index contributed by atoms with van der Waals surface area (Å²) < 4.78 is 6.53. The summed E-state index contributed by atoms with van der Waals surface area (Å²) in [6.45, 7) is 15.1. The predicted octanol–water partition coefficient (Wildman–Crippen LogP) is 5.22. The van der Waals surface area contributed by atoms with Crippen LogP contribution in [-0.2, 0) is 9.53 Å². The highest BCUT2D eigenvalue weighted by atomic mass is 16.5. The molecule has 4 unspecified atom stereocenters. The van der Waals surface area contributed by atoms with E-state index in [4.69, 9.17) is 9.84 Å². The van der Waals surface area contributed by atoms with Crippen LogP contribution in [0, 0.1) is 17.8 Å². The van der Waals surface area contributed by atoms with E-state index in [0.717, 1.165) is 24.0 Å². The van der Waals surface area contributed by atoms with E-state index in [9.17, 15) is 4.79 Å². The SMILES string of the molecule is CC(=C\CCC1OC(C)(C(C)C)C(C)CC1C)/C(C)=C/C(=O)O. The Hall–Kier alpha value is -1.09. The third-order valence-electron chi connectivity index (χ3n) is 5.75. The maximum atomic E-state index is 10.7. The largest absolute Gasteiger partial charge is 0.478 e. The normalized spacial score (nSPS) is 33.1. The van der Waals surface area contributed by atoms with Crippen molar-refractivity contribution in [2.75, 3.05) is 0 Å². The Morgan fingerprint density at radius 2 is 1.91 bits per heavy atom. The molecule has 0 saturated carbocycles. The van der Waals surface area contributed by atoms with Crippen LogP contribution < -0.4 is 0 Å². The Kier molecular flexibility index (Phi) is 7.06. The van der Waals surface area contributed by atoms with E-state index in [0.29, 0.717) is 17.8 Å². The van der Waals surface area contributed by atoms with Crippen molar-refractivity contribution >= 4 is 5.97 Å². The number of carboxylic acid groups (broad SMARTS) is 1. The molecule has 1 aliphatic rings. The summed E-state index contributed by atoms with van der Waals surface area (Å²) in [5, 5.41) is 8.81. The molecule has 3 heteroatoms. The number of rotatable bonds is 6. The molecule has 0 bridgehead atoms. The van der Waals surface area contributed by atoms with Crippen molar-refractivity contribution < 1.29 is 14.6 Å². The molecular weight excluding hydrogens is 288 g/mol. The molecule has 1 rings (SSSR count). The molecule has 0 radical (unpaired) electrons. The van der Waals surface area contributed by atoms with Gasteiger partial charge in [-0.15, -0.1) is 0 Å². The number of aliphatic carboxylic acids is 1. The lowest BCUT2D eigenvalue weighted by Crippen LogP contribution is -2.51. The Balaban J connectivity index is 2.68. The molecule has 0 spiro atoms. The van der Waals surface area contributed by atoms with Crippen molar-refractivity contribution in [3.63, 3.8) is 0 Å². The molecule has 0 aromatic heterocycles. The van der Waals surface area contributed by atoms with Crippen LogP contribution in [0.25, 0.3) is 0 Å². The first-order valence-electron chi connectivity index (χ1n) is 8.84. The van der Waals surface area contributed by atoms with Crippen LogP contribution in [0.4, 0.5) is 0 Å². The molecule has 1 heterocycles. The lowest BCUT2D eigenvalue weighted by atomic mass is 9.72. The van der Waals surface area contributed by atoms with Gasteiger partial charge in [0.2, 0.25) is 0 Å². The van der Waals surface area contributed by atoms with E-state index < -0.39 is 5.97 Å². The van der Waals surface area contributed by atoms with Gasteiger partial charge in [0.1, 0.15) is 0 Å². The van der Waals surface area contributed by atoms with Gasteiger partial charge in [-0.2, -0.15) is 0 Å². The van der Waals surface area contributed by atoms with E-state index in [2.05, 4.69) is 40.7 Å². The first-order valence-corrected chi connectivity index (χ1v) is 8.84. The maximum Gasteiger partial charge on any atom is 0.328 e. The van der Waals surface area contributed by atoms with Crippen LogP contribution in [0.1, 0.15) is 67.7 Å². The van der Waals surface area contributed by atoms with Gasteiger partial charge < -0.3 is 9.84 Å². The first kappa shape index (κ1) is 20.0. The number of ether oxygens (including phenoxy) is 1. The van der Waals surface area contributed by atoms with E-state index in [1.54, 1.807) is 0 Å². The van der Waals surface area contributed by atoms with Gasteiger partial charge in [-0.25, -0.2) is 4.79 Å². The zero-order valence-corrected chi connectivity index (χ0v) is 15.8. The minimum atomic E-state index is -0.888. The molecule has 1 aliphatic heterocycles. The summed E-state index contributed by atoms with van der Waals surface area (Å²) in [5.74, 6) is 0.764. The Morgan fingerprint density at radius 1 is 1.30 bits per heavy atom. The molecule has 1 N–H and O–H groups in total. The number of hydrogen-bond acceptors (Lipinski definition) is 2. The summed E-state index contributed by atoms with van der Waals surface area (Å²) in [5.41, 5.74) is 1.81. The number of carboxylic acids is 1. The molecule has 0 aromatic rings. The van der Waals surface area contributed by atoms with Crippen molar-refractivity contribution in [3.8, 4) is 0 Å². The zero-order valence-electron chi connectivity index (χ0n) is 15.8. The van der Waals surface area contributed by atoms with E-state index in [1.807, 2.05) is 13.8 Å². The smallest absolute Gasteiger partial charge is 0.328 e. The monoisotopic (exact) mass is 322 g/mol. The number of allylic oxidation sites excluding steroid dienone is 3. The summed E-state index contributed by atoms with van der Waals surface area (Å²) in [4.78, 5) is 10.7. The summed E-state index contributed by atoms with van der Waals surface area (Å²) in [7, 11) is 0. The second kappa shape index (κ2) is 8.14. The van der Waals surface area contributed by atoms with Gasteiger partial charge in [-0.3, -0.25) is 0 Å². The molecule has 0 aromatic carbocycles.